The van der Waals surface area contributed by atoms with Crippen molar-refractivity contribution in [1.29, 1.82) is 0 Å². The molecule has 0 fully saturated rings. The number of carbonyl (C=O) groups is 1. The Morgan fingerprint density at radius 3 is 2.40 bits per heavy atom. The Morgan fingerprint density at radius 2 is 1.84 bits per heavy atom. The van der Waals surface area contributed by atoms with Crippen LogP contribution in [-0.2, 0) is 13.0 Å². The number of rotatable bonds is 7. The summed E-state index contributed by atoms with van der Waals surface area (Å²) in [6.07, 6.45) is 0.926. The first-order chi connectivity index (χ1) is 11.8. The maximum atomic E-state index is 12.1. The van der Waals surface area contributed by atoms with Crippen LogP contribution in [0.4, 0.5) is 4.79 Å². The summed E-state index contributed by atoms with van der Waals surface area (Å²) in [4.78, 5) is 17.8. The number of thiazole rings is 1. The molecule has 5 nitrogen and oxygen atoms in total. The van der Waals surface area contributed by atoms with Crippen LogP contribution in [0.5, 0.6) is 0 Å². The van der Waals surface area contributed by atoms with Crippen molar-refractivity contribution in [3.8, 4) is 0 Å². The zero-order chi connectivity index (χ0) is 18.4. The molecule has 1 aromatic carbocycles. The van der Waals surface area contributed by atoms with E-state index < -0.39 is 0 Å². The normalized spacial score (nSPS) is 12.7. The second-order valence-electron chi connectivity index (χ2n) is 7.27. The van der Waals surface area contributed by atoms with Gasteiger partial charge in [-0.15, -0.1) is 11.3 Å². The maximum absolute atomic E-state index is 12.1. The van der Waals surface area contributed by atoms with E-state index in [1.54, 1.807) is 11.3 Å². The van der Waals surface area contributed by atoms with E-state index in [0.717, 1.165) is 21.6 Å². The van der Waals surface area contributed by atoms with Crippen LogP contribution in [0.3, 0.4) is 0 Å². The largest absolute Gasteiger partial charge is 0.332 e. The number of urea groups is 1. The van der Waals surface area contributed by atoms with Crippen LogP contribution in [0.25, 0.3) is 0 Å². The molecule has 0 aliphatic carbocycles. The Labute approximate surface area is 154 Å². The lowest BCUT2D eigenvalue weighted by Gasteiger charge is -2.34. The second-order valence-corrected chi connectivity index (χ2v) is 8.56. The molecule has 0 spiro atoms. The molecular formula is C19H29N4OS+. The first-order valence-electron chi connectivity index (χ1n) is 8.55. The predicted octanol–water partition coefficient (Wildman–Crippen LogP) is 2.88. The van der Waals surface area contributed by atoms with Gasteiger partial charge in [-0.3, -0.25) is 0 Å². The van der Waals surface area contributed by atoms with Crippen LogP contribution < -0.4 is 10.6 Å². The number of aromatic nitrogens is 1. The number of nitrogens with one attached hydrogen (secondary N) is 2. The first-order valence-corrected chi connectivity index (χ1v) is 9.37. The van der Waals surface area contributed by atoms with E-state index in [4.69, 9.17) is 0 Å². The molecule has 1 atom stereocenters. The van der Waals surface area contributed by atoms with Gasteiger partial charge in [0.1, 0.15) is 11.0 Å². The van der Waals surface area contributed by atoms with E-state index in [1.807, 2.05) is 19.9 Å². The van der Waals surface area contributed by atoms with Crippen molar-refractivity contribution in [3.63, 3.8) is 0 Å². The number of likely N-dealkylation sites (N-methyl/N-ethyl adjacent to an activating group) is 1. The molecule has 0 aliphatic rings. The summed E-state index contributed by atoms with van der Waals surface area (Å²) >= 11 is 1.63. The molecule has 0 saturated carbocycles. The average molecular weight is 362 g/mol. The minimum Gasteiger partial charge on any atom is -0.332 e. The fraction of sp³-hybridized carbons (Fsp3) is 0.474. The molecule has 2 rings (SSSR count). The monoisotopic (exact) mass is 361 g/mol. The third-order valence-electron chi connectivity index (χ3n) is 4.38. The second kappa shape index (κ2) is 8.45. The third-order valence-corrected chi connectivity index (χ3v) is 5.45. The summed E-state index contributed by atoms with van der Waals surface area (Å²) in [6, 6.07) is 10.6. The van der Waals surface area contributed by atoms with Crippen molar-refractivity contribution in [2.75, 3.05) is 27.7 Å². The quantitative estimate of drug-likeness (QED) is 0.745. The number of hydrogen-bond acceptors (Lipinski definition) is 3. The molecule has 1 aromatic heterocycles. The lowest BCUT2D eigenvalue weighted by atomic mass is 10.0. The van der Waals surface area contributed by atoms with Gasteiger partial charge in [-0.05, 0) is 19.4 Å². The van der Waals surface area contributed by atoms with Gasteiger partial charge in [0, 0.05) is 11.3 Å². The summed E-state index contributed by atoms with van der Waals surface area (Å²) < 4.78 is 0.792. The molecule has 0 saturated heterocycles. The molecule has 6 heteroatoms. The molecular weight excluding hydrogens is 332 g/mol. The van der Waals surface area contributed by atoms with Gasteiger partial charge in [-0.1, -0.05) is 30.3 Å². The highest BCUT2D eigenvalue weighted by Crippen LogP contribution is 2.16. The van der Waals surface area contributed by atoms with Crippen molar-refractivity contribution < 1.29 is 9.28 Å². The van der Waals surface area contributed by atoms with Crippen molar-refractivity contribution in [1.82, 2.24) is 15.6 Å². The Morgan fingerprint density at radius 1 is 1.16 bits per heavy atom. The highest BCUT2D eigenvalue weighted by atomic mass is 32.1. The molecule has 0 aliphatic heterocycles. The minimum absolute atomic E-state index is 0.142. The molecule has 0 radical (unpaired) electrons. The summed E-state index contributed by atoms with van der Waals surface area (Å²) in [5.74, 6) is 0. The summed E-state index contributed by atoms with van der Waals surface area (Å²) in [5, 5.41) is 6.86. The van der Waals surface area contributed by atoms with Crippen molar-refractivity contribution in [3.05, 3.63) is 51.5 Å². The van der Waals surface area contributed by atoms with Gasteiger partial charge in [0.25, 0.3) is 0 Å². The molecule has 25 heavy (non-hydrogen) atoms. The van der Waals surface area contributed by atoms with Gasteiger partial charge in [-0.25, -0.2) is 9.78 Å². The van der Waals surface area contributed by atoms with Gasteiger partial charge >= 0.3 is 6.03 Å². The average Bonchev–Trinajstić information content (AvgIpc) is 2.87. The molecule has 1 heterocycles. The zero-order valence-electron chi connectivity index (χ0n) is 15.8. The van der Waals surface area contributed by atoms with Gasteiger partial charge in [0.15, 0.2) is 0 Å². The maximum Gasteiger partial charge on any atom is 0.315 e. The Kier molecular flexibility index (Phi) is 6.56. The highest BCUT2D eigenvalue weighted by Gasteiger charge is 2.24. The Balaban J connectivity index is 1.85. The summed E-state index contributed by atoms with van der Waals surface area (Å²) in [7, 11) is 6.48. The number of quaternary nitrogens is 1. The van der Waals surface area contributed by atoms with E-state index in [9.17, 15) is 4.79 Å². The van der Waals surface area contributed by atoms with Crippen molar-refractivity contribution in [2.45, 2.75) is 32.9 Å². The number of aryl methyl sites for hydroxylation is 2. The highest BCUT2D eigenvalue weighted by molar-refractivity contribution is 7.11. The van der Waals surface area contributed by atoms with Crippen LogP contribution in [0.15, 0.2) is 30.3 Å². The minimum atomic E-state index is -0.142. The smallest absolute Gasteiger partial charge is 0.315 e. The van der Waals surface area contributed by atoms with Crippen LogP contribution in [-0.4, -0.2) is 49.2 Å². The van der Waals surface area contributed by atoms with E-state index in [-0.39, 0.29) is 6.03 Å². The number of carbonyl (C=O) groups excluding carboxylic acids is 1. The van der Waals surface area contributed by atoms with Gasteiger partial charge in [0.2, 0.25) is 0 Å². The van der Waals surface area contributed by atoms with Crippen LogP contribution in [0.1, 0.15) is 21.1 Å². The summed E-state index contributed by atoms with van der Waals surface area (Å²) in [5.41, 5.74) is 2.33. The Bertz CT molecular complexity index is 672. The summed E-state index contributed by atoms with van der Waals surface area (Å²) in [6.45, 7) is 5.13. The van der Waals surface area contributed by atoms with E-state index >= 15 is 0 Å². The molecule has 2 amide bonds. The molecule has 0 unspecified atom stereocenters. The Hall–Kier alpha value is -1.92. The molecule has 136 valence electrons. The van der Waals surface area contributed by atoms with E-state index in [1.165, 1.54) is 10.4 Å². The third kappa shape index (κ3) is 6.14. The van der Waals surface area contributed by atoms with Crippen LogP contribution in [0.2, 0.25) is 0 Å². The standard InChI is InChI=1S/C19H28N4OS/c1-14-15(2)25-18(22-14)13-21-19(24)20-12-17(23(3,4)5)11-16-9-7-6-8-10-16/h6-10,17H,11-13H2,1-5H3,(H-,20,21,24)/p+1/t17-/m1/s1. The lowest BCUT2D eigenvalue weighted by molar-refractivity contribution is -0.894. The fourth-order valence-electron chi connectivity index (χ4n) is 2.55. The van der Waals surface area contributed by atoms with E-state index in [0.29, 0.717) is 19.1 Å². The van der Waals surface area contributed by atoms with Gasteiger partial charge in [-0.2, -0.15) is 0 Å². The predicted molar refractivity (Wildman–Crippen MR) is 104 cm³/mol. The van der Waals surface area contributed by atoms with Crippen LogP contribution in [0, 0.1) is 13.8 Å². The van der Waals surface area contributed by atoms with Gasteiger partial charge in [0.05, 0.1) is 39.9 Å². The first kappa shape index (κ1) is 19.4. The number of hydrogen-bond donors (Lipinski definition) is 2. The molecule has 2 N–H and O–H groups in total. The zero-order valence-corrected chi connectivity index (χ0v) is 16.6. The lowest BCUT2D eigenvalue weighted by Crippen LogP contribution is -2.53. The SMILES string of the molecule is Cc1nc(CNC(=O)NC[C@@H](Cc2ccccc2)[N+](C)(C)C)sc1C. The molecule has 2 aromatic rings. The number of benzene rings is 1. The number of nitrogens with zero attached hydrogens (tertiary/aromatic N) is 2. The van der Waals surface area contributed by atoms with Crippen molar-refractivity contribution >= 4 is 17.4 Å². The van der Waals surface area contributed by atoms with Crippen molar-refractivity contribution in [2.24, 2.45) is 0 Å². The topological polar surface area (TPSA) is 54.0 Å². The fourth-order valence-corrected chi connectivity index (χ4v) is 3.42. The van der Waals surface area contributed by atoms with Crippen LogP contribution >= 0.6 is 11.3 Å². The molecule has 0 bridgehead atoms. The number of amides is 2. The van der Waals surface area contributed by atoms with Gasteiger partial charge < -0.3 is 15.1 Å². The van der Waals surface area contributed by atoms with E-state index in [2.05, 4.69) is 61.0 Å².